The lowest BCUT2D eigenvalue weighted by Crippen LogP contribution is -1.99. The van der Waals surface area contributed by atoms with Crippen molar-refractivity contribution in [1.29, 1.82) is 0 Å². The number of aryl methyl sites for hydroxylation is 4. The van der Waals surface area contributed by atoms with Crippen molar-refractivity contribution in [2.75, 3.05) is 14.2 Å². The van der Waals surface area contributed by atoms with Crippen molar-refractivity contribution in [3.8, 4) is 11.5 Å². The summed E-state index contributed by atoms with van der Waals surface area (Å²) in [5.41, 5.74) is 3.29. The lowest BCUT2D eigenvalue weighted by Gasteiger charge is -2.13. The van der Waals surface area contributed by atoms with Gasteiger partial charge in [0.05, 0.1) is 14.2 Å². The van der Waals surface area contributed by atoms with Gasteiger partial charge < -0.3 is 9.47 Å². The van der Waals surface area contributed by atoms with Crippen LogP contribution in [0.3, 0.4) is 0 Å². The summed E-state index contributed by atoms with van der Waals surface area (Å²) in [6.45, 7) is 0. The fourth-order valence-electron chi connectivity index (χ4n) is 2.80. The first kappa shape index (κ1) is 10.7. The van der Waals surface area contributed by atoms with Gasteiger partial charge in [0.15, 0.2) is 0 Å². The number of hydrogen-bond donors (Lipinski definition) is 0. The predicted octanol–water partition coefficient (Wildman–Crippen LogP) is 4.37. The molecule has 22 heavy (non-hydrogen) atoms. The maximum absolute atomic E-state index is 8.46. The van der Waals surface area contributed by atoms with Crippen molar-refractivity contribution in [2.24, 2.45) is 0 Å². The zero-order valence-electron chi connectivity index (χ0n) is 17.1. The van der Waals surface area contributed by atoms with Crippen LogP contribution in [0.25, 0.3) is 0 Å². The Bertz CT molecular complexity index is 682. The van der Waals surface area contributed by atoms with E-state index in [1.54, 1.807) is 14.2 Å². The first-order valence-electron chi connectivity index (χ1n) is 9.52. The second-order valence-electron chi connectivity index (χ2n) is 5.59. The molecule has 2 aromatic carbocycles. The van der Waals surface area contributed by atoms with Crippen molar-refractivity contribution >= 4 is 0 Å². The van der Waals surface area contributed by atoms with Gasteiger partial charge in [-0.1, -0.05) is 12.1 Å². The van der Waals surface area contributed by atoms with Gasteiger partial charge in [-0.25, -0.2) is 0 Å². The Balaban J connectivity index is 2.09. The molecule has 0 radical (unpaired) electrons. The smallest absolute Gasteiger partial charge is 0.119 e. The van der Waals surface area contributed by atoms with Crippen LogP contribution in [0.1, 0.15) is 40.5 Å². The molecule has 0 saturated heterocycles. The molecule has 4 bridgehead atoms. The second-order valence-corrected chi connectivity index (χ2v) is 5.59. The molecule has 0 atom stereocenters. The van der Waals surface area contributed by atoms with Crippen molar-refractivity contribution in [3.05, 3.63) is 58.7 Å². The fraction of sp³-hybridized carbons (Fsp3) is 0.400. The molecular formula is C20H24O2. The van der Waals surface area contributed by atoms with Gasteiger partial charge in [-0.3, -0.25) is 0 Å². The van der Waals surface area contributed by atoms with Gasteiger partial charge in [-0.2, -0.15) is 0 Å². The molecular weight excluding hydrogens is 272 g/mol. The van der Waals surface area contributed by atoms with Gasteiger partial charge in [-0.15, -0.1) is 0 Å². The van der Waals surface area contributed by atoms with Crippen LogP contribution >= 0.6 is 0 Å². The maximum atomic E-state index is 8.46. The normalized spacial score (nSPS) is 21.9. The molecule has 116 valence electrons. The number of benzene rings is 2. The third-order valence-corrected chi connectivity index (χ3v) is 3.84. The molecule has 0 N–H and O–H groups in total. The molecule has 0 unspecified atom stereocenters. The molecule has 0 spiro atoms. The first-order valence-corrected chi connectivity index (χ1v) is 7.52. The number of hydrogen-bond acceptors (Lipinski definition) is 2. The van der Waals surface area contributed by atoms with Gasteiger partial charge in [0.2, 0.25) is 0 Å². The first-order chi connectivity index (χ1) is 12.2. The molecule has 0 saturated carbocycles. The quantitative estimate of drug-likeness (QED) is 0.820. The highest BCUT2D eigenvalue weighted by atomic mass is 16.5. The minimum atomic E-state index is -1.43. The van der Waals surface area contributed by atoms with Crippen LogP contribution in [0, 0.1) is 0 Å². The minimum absolute atomic E-state index is 0.243. The number of methoxy groups -OCH3 is 2. The molecule has 3 rings (SSSR count). The zero-order valence-corrected chi connectivity index (χ0v) is 13.1. The van der Waals surface area contributed by atoms with Crippen LogP contribution in [-0.2, 0) is 25.7 Å². The Morgan fingerprint density at radius 1 is 0.636 bits per heavy atom. The Hall–Kier alpha value is -1.96. The molecule has 2 nitrogen and oxygen atoms in total. The lowest BCUT2D eigenvalue weighted by molar-refractivity contribution is 0.413. The van der Waals surface area contributed by atoms with Crippen molar-refractivity contribution < 1.29 is 15.0 Å². The molecule has 1 aliphatic carbocycles. The van der Waals surface area contributed by atoms with Crippen LogP contribution < -0.4 is 9.47 Å². The van der Waals surface area contributed by atoms with Crippen LogP contribution in [0.15, 0.2) is 36.4 Å². The molecule has 2 heteroatoms. The van der Waals surface area contributed by atoms with Crippen LogP contribution in [-0.4, -0.2) is 14.2 Å². The van der Waals surface area contributed by atoms with E-state index in [1.165, 1.54) is 0 Å². The summed E-state index contributed by atoms with van der Waals surface area (Å²) in [6, 6.07) is 11.1. The molecule has 1 aliphatic rings. The summed E-state index contributed by atoms with van der Waals surface area (Å²) in [5.74, 6) is 1.28. The Morgan fingerprint density at radius 3 is 1.23 bits per heavy atom. The summed E-state index contributed by atoms with van der Waals surface area (Å²) in [5, 5.41) is 0. The minimum Gasteiger partial charge on any atom is -0.497 e. The van der Waals surface area contributed by atoms with E-state index in [0.717, 1.165) is 22.3 Å². The molecule has 0 fully saturated rings. The fourth-order valence-corrected chi connectivity index (χ4v) is 2.80. The highest BCUT2D eigenvalue weighted by Gasteiger charge is 2.07. The van der Waals surface area contributed by atoms with Gasteiger partial charge in [0, 0.05) is 5.48 Å². The Labute approximate surface area is 138 Å². The van der Waals surface area contributed by atoms with E-state index in [-0.39, 0.29) is 25.7 Å². The van der Waals surface area contributed by atoms with E-state index in [1.807, 2.05) is 36.4 Å². The largest absolute Gasteiger partial charge is 0.497 e. The summed E-state index contributed by atoms with van der Waals surface area (Å²) in [4.78, 5) is 0. The van der Waals surface area contributed by atoms with E-state index < -0.39 is 12.7 Å². The summed E-state index contributed by atoms with van der Waals surface area (Å²) >= 11 is 0. The number of fused-ring (bicyclic) bond motifs is 4. The standard InChI is InChI=1S/C20H24O2/c1-21-19-11-15-5-3-7-17-10-18(14-20(13-17)22-2)8-4-6-16(9-15)12-19/h9-14H,3-8H2,1-2H3/i3D2,4D2. The zero-order chi connectivity index (χ0) is 18.9. The highest BCUT2D eigenvalue weighted by molar-refractivity contribution is 5.37. The molecule has 2 aromatic rings. The van der Waals surface area contributed by atoms with Crippen molar-refractivity contribution in [3.63, 3.8) is 0 Å². The third-order valence-electron chi connectivity index (χ3n) is 3.84. The molecule has 0 heterocycles. The Morgan fingerprint density at radius 2 is 0.955 bits per heavy atom. The SMILES string of the molecule is [2H]C1([2H])Cc2cc(cc(OC)c2)CC([2H])([2H])Cc2cc(cc(OC)c2)C1. The molecule has 0 amide bonds. The molecule has 0 aromatic heterocycles. The van der Waals surface area contributed by atoms with Gasteiger partial charge in [0.25, 0.3) is 0 Å². The van der Waals surface area contributed by atoms with Crippen molar-refractivity contribution in [1.82, 2.24) is 0 Å². The average molecular weight is 300 g/mol. The average Bonchev–Trinajstić information content (AvgIpc) is 2.51. The van der Waals surface area contributed by atoms with Crippen LogP contribution in [0.2, 0.25) is 0 Å². The summed E-state index contributed by atoms with van der Waals surface area (Å²) < 4.78 is 44.5. The maximum Gasteiger partial charge on any atom is 0.119 e. The number of rotatable bonds is 2. The topological polar surface area (TPSA) is 18.5 Å². The summed E-state index contributed by atoms with van der Waals surface area (Å²) in [6.07, 6.45) is -1.88. The van der Waals surface area contributed by atoms with E-state index in [0.29, 0.717) is 11.5 Å². The van der Waals surface area contributed by atoms with E-state index in [2.05, 4.69) is 0 Å². The van der Waals surface area contributed by atoms with Crippen LogP contribution in [0.4, 0.5) is 0 Å². The van der Waals surface area contributed by atoms with Gasteiger partial charge in [-0.05, 0) is 84.9 Å². The molecule has 0 aliphatic heterocycles. The second kappa shape index (κ2) is 6.87. The van der Waals surface area contributed by atoms with Gasteiger partial charge in [0.1, 0.15) is 11.5 Å². The van der Waals surface area contributed by atoms with Gasteiger partial charge >= 0.3 is 0 Å². The van der Waals surface area contributed by atoms with E-state index in [4.69, 9.17) is 15.0 Å². The Kier molecular flexibility index (Phi) is 3.34. The monoisotopic (exact) mass is 300 g/mol. The highest BCUT2D eigenvalue weighted by Crippen LogP contribution is 2.24. The van der Waals surface area contributed by atoms with Crippen molar-refractivity contribution in [2.45, 2.75) is 38.4 Å². The number of ether oxygens (including phenoxy) is 2. The lowest BCUT2D eigenvalue weighted by atomic mass is 9.95. The summed E-state index contributed by atoms with van der Waals surface area (Å²) in [7, 11) is 3.15. The van der Waals surface area contributed by atoms with E-state index in [9.17, 15) is 0 Å². The third kappa shape index (κ3) is 3.62. The van der Waals surface area contributed by atoms with E-state index >= 15 is 0 Å². The predicted molar refractivity (Wildman–Crippen MR) is 90.0 cm³/mol. The van der Waals surface area contributed by atoms with Crippen LogP contribution in [0.5, 0.6) is 11.5 Å².